The Labute approximate surface area is 90.4 Å². The Balaban J connectivity index is 2.09. The number of benzene rings is 1. The SMILES string of the molecule is O=C1NC([Se])=NC1Cc1ccccc1. The number of aliphatic imine (C=N–C) groups is 1. The fraction of sp³-hybridized carbons (Fsp3) is 0.200. The van der Waals surface area contributed by atoms with Crippen LogP contribution in [0.15, 0.2) is 35.3 Å². The van der Waals surface area contributed by atoms with E-state index in [2.05, 4.69) is 26.3 Å². The number of amidine groups is 1. The van der Waals surface area contributed by atoms with Gasteiger partial charge in [0.15, 0.2) is 0 Å². The van der Waals surface area contributed by atoms with E-state index in [1.54, 1.807) is 0 Å². The van der Waals surface area contributed by atoms with Crippen molar-refractivity contribution in [2.75, 3.05) is 0 Å². The summed E-state index contributed by atoms with van der Waals surface area (Å²) in [6.45, 7) is 0. The Hall–Kier alpha value is -1.12. The normalized spacial score (nSPS) is 20.4. The molecular formula is C10H9N2OSe. The van der Waals surface area contributed by atoms with E-state index in [-0.39, 0.29) is 11.9 Å². The van der Waals surface area contributed by atoms with E-state index < -0.39 is 0 Å². The van der Waals surface area contributed by atoms with Gasteiger partial charge in [0.1, 0.15) is 0 Å². The number of carbonyl (C=O) groups is 1. The number of nitrogens with zero attached hydrogens (tertiary/aromatic N) is 1. The monoisotopic (exact) mass is 253 g/mol. The molecule has 0 aromatic heterocycles. The van der Waals surface area contributed by atoms with Crippen molar-refractivity contribution in [2.24, 2.45) is 4.99 Å². The van der Waals surface area contributed by atoms with Crippen LogP contribution in [0.1, 0.15) is 5.56 Å². The van der Waals surface area contributed by atoms with Crippen LogP contribution in [0.2, 0.25) is 0 Å². The van der Waals surface area contributed by atoms with Crippen molar-refractivity contribution < 1.29 is 4.79 Å². The second kappa shape index (κ2) is 3.94. The zero-order chi connectivity index (χ0) is 9.97. The number of carbonyl (C=O) groups excluding carboxylic acids is 1. The molecule has 1 radical (unpaired) electrons. The van der Waals surface area contributed by atoms with Crippen molar-refractivity contribution in [1.29, 1.82) is 0 Å². The van der Waals surface area contributed by atoms with E-state index in [1.165, 1.54) is 0 Å². The first kappa shape index (κ1) is 9.44. The van der Waals surface area contributed by atoms with Gasteiger partial charge in [-0.25, -0.2) is 0 Å². The van der Waals surface area contributed by atoms with Gasteiger partial charge in [0, 0.05) is 0 Å². The molecule has 0 saturated heterocycles. The number of rotatable bonds is 2. The minimum atomic E-state index is -0.270. The molecule has 0 fully saturated rings. The first-order valence-electron chi connectivity index (χ1n) is 4.35. The maximum absolute atomic E-state index is 11.3. The van der Waals surface area contributed by atoms with Crippen LogP contribution in [0.4, 0.5) is 0 Å². The Morgan fingerprint density at radius 3 is 2.64 bits per heavy atom. The van der Waals surface area contributed by atoms with Crippen molar-refractivity contribution in [1.82, 2.24) is 5.32 Å². The van der Waals surface area contributed by atoms with E-state index in [9.17, 15) is 4.79 Å². The van der Waals surface area contributed by atoms with Crippen molar-refractivity contribution >= 4 is 26.7 Å². The summed E-state index contributed by atoms with van der Waals surface area (Å²) in [5.41, 5.74) is 1.13. The summed E-state index contributed by atoms with van der Waals surface area (Å²) in [5, 5.41) is 2.64. The molecular weight excluding hydrogens is 243 g/mol. The summed E-state index contributed by atoms with van der Waals surface area (Å²) < 4.78 is 0.593. The van der Waals surface area contributed by atoms with Crippen LogP contribution in [0.25, 0.3) is 0 Å². The number of nitrogens with one attached hydrogen (secondary N) is 1. The molecule has 71 valence electrons. The standard InChI is InChI=1S/C10H9N2OSe/c13-9-8(11-10(14)12-9)6-7-4-2-1-3-5-7/h1-5,8H,6H2,(H,11,12,13). The topological polar surface area (TPSA) is 41.5 Å². The van der Waals surface area contributed by atoms with Gasteiger partial charge in [0.2, 0.25) is 0 Å². The molecule has 4 heteroatoms. The Morgan fingerprint density at radius 1 is 1.36 bits per heavy atom. The van der Waals surface area contributed by atoms with E-state index in [0.29, 0.717) is 11.2 Å². The number of hydrogen-bond donors (Lipinski definition) is 1. The van der Waals surface area contributed by atoms with Gasteiger partial charge in [0.05, 0.1) is 0 Å². The summed E-state index contributed by atoms with van der Waals surface area (Å²) in [6, 6.07) is 9.62. The predicted molar refractivity (Wildman–Crippen MR) is 55.3 cm³/mol. The Bertz CT molecular complexity index is 375. The molecule has 1 N–H and O–H groups in total. The molecule has 1 aliphatic rings. The minimum absolute atomic E-state index is 0.0254. The van der Waals surface area contributed by atoms with Crippen LogP contribution in [-0.2, 0) is 11.2 Å². The zero-order valence-electron chi connectivity index (χ0n) is 7.43. The van der Waals surface area contributed by atoms with Gasteiger partial charge in [-0.05, 0) is 0 Å². The summed E-state index contributed by atoms with van der Waals surface area (Å²) in [7, 11) is 0. The first-order chi connectivity index (χ1) is 6.75. The van der Waals surface area contributed by atoms with Crippen molar-refractivity contribution in [3.05, 3.63) is 35.9 Å². The molecule has 3 nitrogen and oxygen atoms in total. The van der Waals surface area contributed by atoms with Gasteiger partial charge in [0.25, 0.3) is 0 Å². The first-order valence-corrected chi connectivity index (χ1v) is 5.21. The molecule has 2 rings (SSSR count). The van der Waals surface area contributed by atoms with Crippen LogP contribution >= 0.6 is 0 Å². The summed E-state index contributed by atoms with van der Waals surface area (Å²) in [4.78, 5) is 15.5. The van der Waals surface area contributed by atoms with Crippen molar-refractivity contribution in [3.63, 3.8) is 0 Å². The van der Waals surface area contributed by atoms with Crippen LogP contribution in [0.5, 0.6) is 0 Å². The average molecular weight is 252 g/mol. The Kier molecular flexibility index (Phi) is 2.66. The molecule has 1 aromatic rings. The molecule has 1 aliphatic heterocycles. The summed E-state index contributed by atoms with van der Waals surface area (Å²) in [5.74, 6) is -0.0254. The van der Waals surface area contributed by atoms with Gasteiger partial charge >= 0.3 is 90.1 Å². The van der Waals surface area contributed by atoms with Crippen LogP contribution in [0, 0.1) is 0 Å². The molecule has 0 aliphatic carbocycles. The number of amides is 1. The zero-order valence-corrected chi connectivity index (χ0v) is 9.15. The molecule has 0 bridgehead atoms. The average Bonchev–Trinajstić information content (AvgIpc) is 2.47. The Morgan fingerprint density at radius 2 is 2.07 bits per heavy atom. The molecule has 0 saturated carbocycles. The molecule has 1 unspecified atom stereocenters. The number of hydrogen-bond acceptors (Lipinski definition) is 2. The van der Waals surface area contributed by atoms with E-state index in [1.807, 2.05) is 30.3 Å². The van der Waals surface area contributed by atoms with E-state index in [0.717, 1.165) is 5.56 Å². The van der Waals surface area contributed by atoms with Gasteiger partial charge in [-0.3, -0.25) is 0 Å². The fourth-order valence-corrected chi connectivity index (χ4v) is 1.87. The molecule has 1 heterocycles. The quantitative estimate of drug-likeness (QED) is 0.753. The van der Waals surface area contributed by atoms with Crippen molar-refractivity contribution in [3.8, 4) is 0 Å². The maximum atomic E-state index is 11.3. The van der Waals surface area contributed by atoms with Gasteiger partial charge in [-0.2, -0.15) is 0 Å². The van der Waals surface area contributed by atoms with Crippen LogP contribution in [-0.4, -0.2) is 32.7 Å². The second-order valence-corrected chi connectivity index (χ2v) is 3.94. The third kappa shape index (κ3) is 2.03. The molecule has 0 spiro atoms. The fourth-order valence-electron chi connectivity index (χ4n) is 1.40. The van der Waals surface area contributed by atoms with E-state index >= 15 is 0 Å². The molecule has 14 heavy (non-hydrogen) atoms. The van der Waals surface area contributed by atoms with Gasteiger partial charge in [-0.15, -0.1) is 0 Å². The van der Waals surface area contributed by atoms with Gasteiger partial charge < -0.3 is 0 Å². The molecule has 1 amide bonds. The second-order valence-electron chi connectivity index (χ2n) is 3.13. The van der Waals surface area contributed by atoms with Crippen LogP contribution < -0.4 is 5.32 Å². The third-order valence-electron chi connectivity index (χ3n) is 2.08. The van der Waals surface area contributed by atoms with Crippen molar-refractivity contribution in [2.45, 2.75) is 12.5 Å². The van der Waals surface area contributed by atoms with Gasteiger partial charge in [-0.1, -0.05) is 0 Å². The molecule has 1 atom stereocenters. The predicted octanol–water partition coefficient (Wildman–Crippen LogP) is 0.252. The third-order valence-corrected chi connectivity index (χ3v) is 2.51. The molecule has 1 aromatic carbocycles. The van der Waals surface area contributed by atoms with Crippen LogP contribution in [0.3, 0.4) is 0 Å². The summed E-state index contributed by atoms with van der Waals surface area (Å²) >= 11 is 2.70. The van der Waals surface area contributed by atoms with E-state index in [4.69, 9.17) is 0 Å². The summed E-state index contributed by atoms with van der Waals surface area (Å²) in [6.07, 6.45) is 0.665.